The number of rotatable bonds is 3. The first-order valence-corrected chi connectivity index (χ1v) is 8.07. The van der Waals surface area contributed by atoms with Gasteiger partial charge in [-0.05, 0) is 25.1 Å². The number of alkyl halides is 3. The number of nitrogens with zero attached hydrogens (tertiary/aromatic N) is 2. The fourth-order valence-corrected chi connectivity index (χ4v) is 3.54. The van der Waals surface area contributed by atoms with Crippen LogP contribution in [0.1, 0.15) is 18.2 Å². The van der Waals surface area contributed by atoms with Crippen molar-refractivity contribution in [3.05, 3.63) is 35.7 Å². The van der Waals surface area contributed by atoms with Gasteiger partial charge in [0.25, 0.3) is 11.8 Å². The molecule has 1 aliphatic heterocycles. The maximum absolute atomic E-state index is 12.8. The van der Waals surface area contributed by atoms with Gasteiger partial charge in [-0.25, -0.2) is 9.97 Å². The fraction of sp³-hybridized carbons (Fsp3) is 0.375. The summed E-state index contributed by atoms with van der Waals surface area (Å²) >= 11 is 1.37. The lowest BCUT2D eigenvalue weighted by molar-refractivity contribution is -0.137. The third-order valence-corrected chi connectivity index (χ3v) is 5.08. The second kappa shape index (κ2) is 6.29. The predicted octanol–water partition coefficient (Wildman–Crippen LogP) is 3.91. The average Bonchev–Trinajstić information content (AvgIpc) is 2.59. The maximum Gasteiger partial charge on any atom is 0.416 e. The highest BCUT2D eigenvalue weighted by Gasteiger charge is 2.38. The van der Waals surface area contributed by atoms with E-state index in [1.165, 1.54) is 32.0 Å². The van der Waals surface area contributed by atoms with Crippen molar-refractivity contribution in [3.63, 3.8) is 0 Å². The number of thioether (sulfide) groups is 1. The standard InChI is InChI=1S/C16H15F3N2O3S/c1-15(12-7-20-13(22-2)14(21-12)23-3)8-24-10-6-9(16(17,18)19)4-5-11(10)25-15/h4-7H,8H2,1-3H3. The summed E-state index contributed by atoms with van der Waals surface area (Å²) in [5.41, 5.74) is -0.151. The van der Waals surface area contributed by atoms with Crippen molar-refractivity contribution in [2.75, 3.05) is 20.8 Å². The van der Waals surface area contributed by atoms with Crippen molar-refractivity contribution < 1.29 is 27.4 Å². The second-order valence-corrected chi connectivity index (χ2v) is 7.10. The van der Waals surface area contributed by atoms with Gasteiger partial charge in [-0.3, -0.25) is 0 Å². The van der Waals surface area contributed by atoms with E-state index >= 15 is 0 Å². The Labute approximate surface area is 146 Å². The van der Waals surface area contributed by atoms with Crippen LogP contribution in [-0.2, 0) is 10.9 Å². The molecule has 1 unspecified atom stereocenters. The van der Waals surface area contributed by atoms with Crippen molar-refractivity contribution in [3.8, 4) is 17.5 Å². The number of hydrogen-bond acceptors (Lipinski definition) is 6. The molecule has 0 aliphatic carbocycles. The number of halogens is 3. The Morgan fingerprint density at radius 3 is 2.56 bits per heavy atom. The smallest absolute Gasteiger partial charge is 0.416 e. The molecule has 3 rings (SSSR count). The molecule has 2 aromatic rings. The van der Waals surface area contributed by atoms with Crippen molar-refractivity contribution in [2.45, 2.75) is 22.7 Å². The van der Waals surface area contributed by atoms with Gasteiger partial charge >= 0.3 is 6.18 Å². The van der Waals surface area contributed by atoms with Crippen LogP contribution in [0, 0.1) is 0 Å². The fourth-order valence-electron chi connectivity index (χ4n) is 2.38. The molecule has 0 saturated carbocycles. The molecule has 1 aromatic carbocycles. The Morgan fingerprint density at radius 2 is 1.92 bits per heavy atom. The Balaban J connectivity index is 1.93. The zero-order valence-corrected chi connectivity index (χ0v) is 14.5. The zero-order chi connectivity index (χ0) is 18.2. The van der Waals surface area contributed by atoms with Gasteiger partial charge in [0.1, 0.15) is 12.4 Å². The molecule has 1 aromatic heterocycles. The Kier molecular flexibility index (Phi) is 4.44. The van der Waals surface area contributed by atoms with Crippen LogP contribution >= 0.6 is 11.8 Å². The molecule has 0 saturated heterocycles. The lowest BCUT2D eigenvalue weighted by atomic mass is 10.1. The number of ether oxygens (including phenoxy) is 3. The molecule has 0 N–H and O–H groups in total. The van der Waals surface area contributed by atoms with E-state index in [1.54, 1.807) is 6.20 Å². The van der Waals surface area contributed by atoms with E-state index in [0.29, 0.717) is 10.6 Å². The highest BCUT2D eigenvalue weighted by Crippen LogP contribution is 2.49. The van der Waals surface area contributed by atoms with E-state index in [-0.39, 0.29) is 24.1 Å². The van der Waals surface area contributed by atoms with Gasteiger partial charge < -0.3 is 14.2 Å². The summed E-state index contributed by atoms with van der Waals surface area (Å²) in [6.07, 6.45) is -2.86. The Bertz CT molecular complexity index is 801. The van der Waals surface area contributed by atoms with Gasteiger partial charge in [-0.1, -0.05) is 0 Å². The van der Waals surface area contributed by atoms with Crippen LogP contribution < -0.4 is 14.2 Å². The van der Waals surface area contributed by atoms with Crippen LogP contribution in [0.3, 0.4) is 0 Å². The molecule has 0 fully saturated rings. The van der Waals surface area contributed by atoms with E-state index in [1.807, 2.05) is 6.92 Å². The third kappa shape index (κ3) is 3.33. The Morgan fingerprint density at radius 1 is 1.20 bits per heavy atom. The summed E-state index contributed by atoms with van der Waals surface area (Å²) < 4.78 is 53.7. The van der Waals surface area contributed by atoms with Gasteiger partial charge in [0.15, 0.2) is 0 Å². The summed E-state index contributed by atoms with van der Waals surface area (Å²) in [5, 5.41) is 0. The predicted molar refractivity (Wildman–Crippen MR) is 85.3 cm³/mol. The minimum atomic E-state index is -4.40. The van der Waals surface area contributed by atoms with E-state index in [0.717, 1.165) is 12.1 Å². The molecule has 9 heteroatoms. The SMILES string of the molecule is COc1ncc(C2(C)COc3cc(C(F)(F)F)ccc3S2)nc1OC. The molecule has 5 nitrogen and oxygen atoms in total. The summed E-state index contributed by atoms with van der Waals surface area (Å²) in [6.45, 7) is 2.03. The van der Waals surface area contributed by atoms with Crippen LogP contribution in [0.25, 0.3) is 0 Å². The van der Waals surface area contributed by atoms with Crippen LogP contribution in [0.15, 0.2) is 29.3 Å². The topological polar surface area (TPSA) is 53.5 Å². The summed E-state index contributed by atoms with van der Waals surface area (Å²) in [4.78, 5) is 9.17. The summed E-state index contributed by atoms with van der Waals surface area (Å²) in [5.74, 6) is 0.706. The van der Waals surface area contributed by atoms with Crippen molar-refractivity contribution in [2.24, 2.45) is 0 Å². The van der Waals surface area contributed by atoms with Gasteiger partial charge in [0.2, 0.25) is 0 Å². The average molecular weight is 372 g/mol. The number of fused-ring (bicyclic) bond motifs is 1. The lowest BCUT2D eigenvalue weighted by Crippen LogP contribution is -2.31. The summed E-state index contributed by atoms with van der Waals surface area (Å²) in [6, 6.07) is 3.47. The summed E-state index contributed by atoms with van der Waals surface area (Å²) in [7, 11) is 2.91. The van der Waals surface area contributed by atoms with Crippen LogP contribution in [0.5, 0.6) is 17.5 Å². The number of benzene rings is 1. The highest BCUT2D eigenvalue weighted by molar-refractivity contribution is 8.00. The monoisotopic (exact) mass is 372 g/mol. The molecule has 0 spiro atoms. The first-order chi connectivity index (χ1) is 11.8. The molecule has 25 heavy (non-hydrogen) atoms. The largest absolute Gasteiger partial charge is 0.491 e. The zero-order valence-electron chi connectivity index (χ0n) is 13.7. The normalized spacial score (nSPS) is 19.8. The van der Waals surface area contributed by atoms with Crippen molar-refractivity contribution in [1.82, 2.24) is 9.97 Å². The van der Waals surface area contributed by atoms with Crippen molar-refractivity contribution >= 4 is 11.8 Å². The molecule has 1 atom stereocenters. The Hall–Kier alpha value is -2.16. The first kappa shape index (κ1) is 17.7. The molecule has 0 amide bonds. The van der Waals surface area contributed by atoms with Crippen LogP contribution in [0.4, 0.5) is 13.2 Å². The van der Waals surface area contributed by atoms with Crippen LogP contribution in [0.2, 0.25) is 0 Å². The quantitative estimate of drug-likeness (QED) is 0.814. The van der Waals surface area contributed by atoms with E-state index in [9.17, 15) is 13.2 Å². The van der Waals surface area contributed by atoms with Crippen LogP contribution in [-0.4, -0.2) is 30.8 Å². The van der Waals surface area contributed by atoms with Gasteiger partial charge in [-0.2, -0.15) is 13.2 Å². The molecule has 2 heterocycles. The van der Waals surface area contributed by atoms with E-state index < -0.39 is 16.5 Å². The van der Waals surface area contributed by atoms with Gasteiger partial charge in [-0.15, -0.1) is 11.8 Å². The number of hydrogen-bond donors (Lipinski definition) is 0. The lowest BCUT2D eigenvalue weighted by Gasteiger charge is -2.33. The molecular weight excluding hydrogens is 357 g/mol. The maximum atomic E-state index is 12.8. The second-order valence-electron chi connectivity index (χ2n) is 5.55. The minimum absolute atomic E-state index is 0.149. The molecule has 134 valence electrons. The van der Waals surface area contributed by atoms with E-state index in [4.69, 9.17) is 14.2 Å². The van der Waals surface area contributed by atoms with E-state index in [2.05, 4.69) is 9.97 Å². The van der Waals surface area contributed by atoms with Gasteiger partial charge in [0.05, 0.1) is 41.3 Å². The number of methoxy groups -OCH3 is 2. The number of aromatic nitrogens is 2. The minimum Gasteiger partial charge on any atom is -0.491 e. The van der Waals surface area contributed by atoms with Crippen molar-refractivity contribution in [1.29, 1.82) is 0 Å². The van der Waals surface area contributed by atoms with Gasteiger partial charge in [0, 0.05) is 0 Å². The molecule has 0 bridgehead atoms. The third-order valence-electron chi connectivity index (χ3n) is 3.75. The highest BCUT2D eigenvalue weighted by atomic mass is 32.2. The molecular formula is C16H15F3N2O3S. The molecule has 0 radical (unpaired) electrons. The molecule has 1 aliphatic rings. The first-order valence-electron chi connectivity index (χ1n) is 7.25.